The van der Waals surface area contributed by atoms with Crippen LogP contribution in [-0.4, -0.2) is 18.1 Å². The number of hydrogen-bond donors (Lipinski definition) is 2. The predicted octanol–water partition coefficient (Wildman–Crippen LogP) is 3.88. The van der Waals surface area contributed by atoms with E-state index in [1.165, 1.54) is 12.1 Å². The normalized spacial score (nSPS) is 12.1. The molecule has 0 fully saturated rings. The lowest BCUT2D eigenvalue weighted by Gasteiger charge is -2.33. The van der Waals surface area contributed by atoms with Crippen molar-refractivity contribution in [3.8, 4) is 0 Å². The molecule has 0 atom stereocenters. The van der Waals surface area contributed by atoms with Crippen molar-refractivity contribution in [1.29, 1.82) is 0 Å². The summed E-state index contributed by atoms with van der Waals surface area (Å²) in [7, 11) is 0. The molecule has 0 spiro atoms. The Kier molecular flexibility index (Phi) is 5.76. The van der Waals surface area contributed by atoms with Gasteiger partial charge in [-0.15, -0.1) is 0 Å². The third kappa shape index (κ3) is 7.69. The van der Waals surface area contributed by atoms with Crippen molar-refractivity contribution >= 4 is 6.03 Å². The molecule has 0 aromatic heterocycles. The first-order valence-electron chi connectivity index (χ1n) is 7.38. The largest absolute Gasteiger partial charge is 0.338 e. The molecule has 0 heterocycles. The molecule has 0 unspecified atom stereocenters. The molecule has 2 amide bonds. The highest BCUT2D eigenvalue weighted by Gasteiger charge is 2.26. The fourth-order valence-corrected chi connectivity index (χ4v) is 2.69. The highest BCUT2D eigenvalue weighted by molar-refractivity contribution is 5.74. The fourth-order valence-electron chi connectivity index (χ4n) is 2.69. The molecule has 2 N–H and O–H groups in total. The van der Waals surface area contributed by atoms with Gasteiger partial charge in [-0.25, -0.2) is 9.18 Å². The summed E-state index contributed by atoms with van der Waals surface area (Å²) in [5.74, 6) is -0.242. The molecule has 0 aliphatic rings. The molecule has 118 valence electrons. The average molecular weight is 294 g/mol. The number of benzene rings is 1. The summed E-state index contributed by atoms with van der Waals surface area (Å²) < 4.78 is 12.8. The van der Waals surface area contributed by atoms with E-state index in [0.29, 0.717) is 13.0 Å². The maximum absolute atomic E-state index is 12.8. The Morgan fingerprint density at radius 2 is 1.67 bits per heavy atom. The van der Waals surface area contributed by atoms with E-state index < -0.39 is 0 Å². The Morgan fingerprint density at radius 3 is 2.19 bits per heavy atom. The highest BCUT2D eigenvalue weighted by Crippen LogP contribution is 2.26. The van der Waals surface area contributed by atoms with Crippen molar-refractivity contribution in [2.45, 2.75) is 53.0 Å². The maximum Gasteiger partial charge on any atom is 0.315 e. The molecule has 1 rings (SSSR count). The first kappa shape index (κ1) is 17.5. The lowest BCUT2D eigenvalue weighted by atomic mass is 9.82. The Labute approximate surface area is 127 Å². The van der Waals surface area contributed by atoms with Crippen molar-refractivity contribution in [3.63, 3.8) is 0 Å². The summed E-state index contributed by atoms with van der Waals surface area (Å²) in [5, 5.41) is 5.84. The first-order valence-corrected chi connectivity index (χ1v) is 7.38. The predicted molar refractivity (Wildman–Crippen MR) is 84.8 cm³/mol. The molecule has 0 bridgehead atoms. The molecular weight excluding hydrogens is 267 g/mol. The van der Waals surface area contributed by atoms with Gasteiger partial charge in [0.05, 0.1) is 0 Å². The first-order chi connectivity index (χ1) is 9.57. The molecular formula is C17H27FN2O. The monoisotopic (exact) mass is 294 g/mol. The summed E-state index contributed by atoms with van der Waals surface area (Å²) in [6, 6.07) is 6.17. The van der Waals surface area contributed by atoms with Gasteiger partial charge in [0.25, 0.3) is 0 Å². The number of carbonyl (C=O) groups excluding carboxylic acids is 1. The van der Waals surface area contributed by atoms with E-state index in [1.54, 1.807) is 12.1 Å². The molecule has 0 saturated carbocycles. The van der Waals surface area contributed by atoms with Gasteiger partial charge >= 0.3 is 6.03 Å². The average Bonchev–Trinajstić information content (AvgIpc) is 2.27. The number of amides is 2. The van der Waals surface area contributed by atoms with Crippen molar-refractivity contribution in [3.05, 3.63) is 35.6 Å². The molecule has 0 saturated heterocycles. The smallest absolute Gasteiger partial charge is 0.315 e. The van der Waals surface area contributed by atoms with Gasteiger partial charge in [-0.3, -0.25) is 0 Å². The van der Waals surface area contributed by atoms with Crippen LogP contribution in [0.2, 0.25) is 0 Å². The number of nitrogens with one attached hydrogen (secondary N) is 2. The van der Waals surface area contributed by atoms with Crippen LogP contribution in [0.5, 0.6) is 0 Å². The van der Waals surface area contributed by atoms with Gasteiger partial charge in [0.2, 0.25) is 0 Å². The second-order valence-corrected chi connectivity index (χ2v) is 7.38. The molecule has 0 aliphatic carbocycles. The molecule has 1 aromatic rings. The van der Waals surface area contributed by atoms with Gasteiger partial charge in [0, 0.05) is 12.1 Å². The summed E-state index contributed by atoms with van der Waals surface area (Å²) in [6.45, 7) is 11.0. The van der Waals surface area contributed by atoms with Crippen LogP contribution >= 0.6 is 0 Å². The summed E-state index contributed by atoms with van der Waals surface area (Å²) >= 11 is 0. The van der Waals surface area contributed by atoms with Crippen LogP contribution in [-0.2, 0) is 6.42 Å². The van der Waals surface area contributed by atoms with Gasteiger partial charge < -0.3 is 10.6 Å². The zero-order valence-corrected chi connectivity index (χ0v) is 13.7. The third-order valence-electron chi connectivity index (χ3n) is 3.04. The number of urea groups is 1. The van der Waals surface area contributed by atoms with Crippen LogP contribution in [0.25, 0.3) is 0 Å². The van der Waals surface area contributed by atoms with E-state index in [4.69, 9.17) is 0 Å². The van der Waals surface area contributed by atoms with Crippen LogP contribution in [0.3, 0.4) is 0 Å². The van der Waals surface area contributed by atoms with Gasteiger partial charge in [-0.2, -0.15) is 0 Å². The summed E-state index contributed by atoms with van der Waals surface area (Å²) in [5.41, 5.74) is 0.911. The van der Waals surface area contributed by atoms with Crippen molar-refractivity contribution in [2.24, 2.45) is 5.41 Å². The highest BCUT2D eigenvalue weighted by atomic mass is 19.1. The number of hydrogen-bond acceptors (Lipinski definition) is 1. The SMILES string of the molecule is CC(C)(C)CC(C)(C)NC(=O)NCCc1ccc(F)cc1. The van der Waals surface area contributed by atoms with E-state index in [1.807, 2.05) is 13.8 Å². The lowest BCUT2D eigenvalue weighted by molar-refractivity contribution is 0.210. The third-order valence-corrected chi connectivity index (χ3v) is 3.04. The second kappa shape index (κ2) is 6.92. The summed E-state index contributed by atoms with van der Waals surface area (Å²) in [4.78, 5) is 11.9. The quantitative estimate of drug-likeness (QED) is 0.850. The van der Waals surface area contributed by atoms with Gasteiger partial charge in [0.1, 0.15) is 5.82 Å². The molecule has 3 nitrogen and oxygen atoms in total. The van der Waals surface area contributed by atoms with E-state index in [-0.39, 0.29) is 22.8 Å². The number of carbonyl (C=O) groups is 1. The maximum atomic E-state index is 12.8. The Balaban J connectivity index is 2.35. The minimum atomic E-state index is -0.252. The van der Waals surface area contributed by atoms with Gasteiger partial charge in [-0.1, -0.05) is 32.9 Å². The lowest BCUT2D eigenvalue weighted by Crippen LogP contribution is -2.50. The van der Waals surface area contributed by atoms with Crippen molar-refractivity contribution < 1.29 is 9.18 Å². The zero-order chi connectivity index (χ0) is 16.1. The molecule has 4 heteroatoms. The van der Waals surface area contributed by atoms with Crippen LogP contribution in [0, 0.1) is 11.2 Å². The van der Waals surface area contributed by atoms with E-state index >= 15 is 0 Å². The Hall–Kier alpha value is -1.58. The van der Waals surface area contributed by atoms with Crippen LogP contribution in [0.15, 0.2) is 24.3 Å². The number of rotatable bonds is 5. The van der Waals surface area contributed by atoms with Crippen molar-refractivity contribution in [1.82, 2.24) is 10.6 Å². The van der Waals surface area contributed by atoms with E-state index in [0.717, 1.165) is 12.0 Å². The molecule has 0 aliphatic heterocycles. The molecule has 21 heavy (non-hydrogen) atoms. The van der Waals surface area contributed by atoms with Crippen LogP contribution < -0.4 is 10.6 Å². The topological polar surface area (TPSA) is 41.1 Å². The van der Waals surface area contributed by atoms with Crippen LogP contribution in [0.1, 0.15) is 46.6 Å². The standard InChI is InChI=1S/C17H27FN2O/c1-16(2,3)12-17(4,5)20-15(21)19-11-10-13-6-8-14(18)9-7-13/h6-9H,10-12H2,1-5H3,(H2,19,20,21). The minimum Gasteiger partial charge on any atom is -0.338 e. The van der Waals surface area contributed by atoms with E-state index in [2.05, 4.69) is 31.4 Å². The van der Waals surface area contributed by atoms with Gasteiger partial charge in [0.15, 0.2) is 0 Å². The molecule has 1 aromatic carbocycles. The Morgan fingerprint density at radius 1 is 1.10 bits per heavy atom. The van der Waals surface area contributed by atoms with Crippen LogP contribution in [0.4, 0.5) is 9.18 Å². The summed E-state index contributed by atoms with van der Waals surface area (Å²) in [6.07, 6.45) is 1.58. The number of halogens is 1. The Bertz CT molecular complexity index is 461. The fraction of sp³-hybridized carbons (Fsp3) is 0.588. The minimum absolute atomic E-state index is 0.158. The van der Waals surface area contributed by atoms with Gasteiger partial charge in [-0.05, 0) is 49.8 Å². The zero-order valence-electron chi connectivity index (χ0n) is 13.7. The van der Waals surface area contributed by atoms with E-state index in [9.17, 15) is 9.18 Å². The van der Waals surface area contributed by atoms with Crippen molar-refractivity contribution in [2.75, 3.05) is 6.54 Å². The second-order valence-electron chi connectivity index (χ2n) is 7.38. The molecule has 0 radical (unpaired) electrons.